The fourth-order valence-electron chi connectivity index (χ4n) is 1.69. The molecule has 1 aliphatic heterocycles. The summed E-state index contributed by atoms with van der Waals surface area (Å²) in [5.74, 6) is 1.98. The second-order valence-electron chi connectivity index (χ2n) is 4.52. The minimum Gasteiger partial charge on any atom is -0.486 e. The number of hydrogen-bond donors (Lipinski definition) is 2. The Kier molecular flexibility index (Phi) is 6.20. The van der Waals surface area contributed by atoms with Gasteiger partial charge in [-0.2, -0.15) is 0 Å². The normalized spacial score (nSPS) is 17.8. The molecule has 106 valence electrons. The van der Waals surface area contributed by atoms with Crippen molar-refractivity contribution < 1.29 is 9.47 Å². The Hall–Kier alpha value is -1.18. The highest BCUT2D eigenvalue weighted by Gasteiger charge is 2.20. The number of benzene rings is 1. The minimum atomic E-state index is -0.0904. The lowest BCUT2D eigenvalue weighted by Gasteiger charge is -2.25. The van der Waals surface area contributed by atoms with Gasteiger partial charge < -0.3 is 20.5 Å². The van der Waals surface area contributed by atoms with E-state index in [9.17, 15) is 0 Å². The molecule has 1 aromatic carbocycles. The lowest BCUT2D eigenvalue weighted by atomic mass is 10.2. The Morgan fingerprint density at radius 2 is 2.11 bits per heavy atom. The van der Waals surface area contributed by atoms with Crippen LogP contribution in [0.15, 0.2) is 29.3 Å². The van der Waals surface area contributed by atoms with Gasteiger partial charge in [-0.15, -0.1) is 24.0 Å². The van der Waals surface area contributed by atoms with Crippen LogP contribution in [-0.2, 0) is 0 Å². The van der Waals surface area contributed by atoms with Gasteiger partial charge in [0.2, 0.25) is 0 Å². The van der Waals surface area contributed by atoms with E-state index in [0.717, 1.165) is 11.5 Å². The van der Waals surface area contributed by atoms with Crippen LogP contribution in [0.1, 0.15) is 13.8 Å². The number of aliphatic imine (C=N–C) groups is 1. The number of fused-ring (bicyclic) bond motifs is 1. The summed E-state index contributed by atoms with van der Waals surface area (Å²) >= 11 is 0. The zero-order valence-electron chi connectivity index (χ0n) is 11.1. The number of hydrogen-bond acceptors (Lipinski definition) is 3. The van der Waals surface area contributed by atoms with Crippen molar-refractivity contribution in [3.63, 3.8) is 0 Å². The molecule has 6 heteroatoms. The van der Waals surface area contributed by atoms with Crippen molar-refractivity contribution in [1.29, 1.82) is 0 Å². The van der Waals surface area contributed by atoms with Gasteiger partial charge in [-0.05, 0) is 26.0 Å². The second-order valence-corrected chi connectivity index (χ2v) is 4.52. The molecule has 1 aliphatic rings. The SMILES string of the molecule is CC(C)NC(N)=NCC1COc2ccccc2O1.I. The van der Waals surface area contributed by atoms with Crippen LogP contribution < -0.4 is 20.5 Å². The molecule has 0 aliphatic carbocycles. The highest BCUT2D eigenvalue weighted by molar-refractivity contribution is 14.0. The zero-order valence-corrected chi connectivity index (χ0v) is 13.5. The number of nitrogens with one attached hydrogen (secondary N) is 1. The van der Waals surface area contributed by atoms with Gasteiger partial charge in [0.05, 0.1) is 6.54 Å². The summed E-state index contributed by atoms with van der Waals surface area (Å²) in [5.41, 5.74) is 5.73. The number of guanidine groups is 1. The van der Waals surface area contributed by atoms with Crippen LogP contribution in [0.2, 0.25) is 0 Å². The van der Waals surface area contributed by atoms with Crippen molar-refractivity contribution in [2.24, 2.45) is 10.7 Å². The zero-order chi connectivity index (χ0) is 13.0. The first-order valence-corrected chi connectivity index (χ1v) is 6.10. The van der Waals surface area contributed by atoms with Gasteiger partial charge in [0.15, 0.2) is 23.6 Å². The van der Waals surface area contributed by atoms with Gasteiger partial charge in [-0.25, -0.2) is 4.99 Å². The maximum absolute atomic E-state index is 5.77. The van der Waals surface area contributed by atoms with Crippen LogP contribution in [0.25, 0.3) is 0 Å². The molecule has 1 heterocycles. The van der Waals surface area contributed by atoms with E-state index in [2.05, 4.69) is 10.3 Å². The molecule has 0 aromatic heterocycles. The molecule has 0 saturated heterocycles. The van der Waals surface area contributed by atoms with Gasteiger partial charge in [-0.3, -0.25) is 0 Å². The molecule has 5 nitrogen and oxygen atoms in total. The molecule has 0 fully saturated rings. The predicted molar refractivity (Wildman–Crippen MR) is 86.5 cm³/mol. The molecule has 19 heavy (non-hydrogen) atoms. The van der Waals surface area contributed by atoms with Crippen molar-refractivity contribution in [2.75, 3.05) is 13.2 Å². The lowest BCUT2D eigenvalue weighted by Crippen LogP contribution is -2.39. The average Bonchev–Trinajstić information content (AvgIpc) is 2.35. The smallest absolute Gasteiger partial charge is 0.188 e. The molecular weight excluding hydrogens is 357 g/mol. The molecule has 0 radical (unpaired) electrons. The molecule has 1 aromatic rings. The third-order valence-electron chi connectivity index (χ3n) is 2.47. The van der Waals surface area contributed by atoms with E-state index in [-0.39, 0.29) is 36.1 Å². The van der Waals surface area contributed by atoms with Crippen LogP contribution in [-0.4, -0.2) is 31.3 Å². The third-order valence-corrected chi connectivity index (χ3v) is 2.47. The first-order valence-electron chi connectivity index (χ1n) is 6.10. The van der Waals surface area contributed by atoms with Gasteiger partial charge in [0, 0.05) is 6.04 Å². The summed E-state index contributed by atoms with van der Waals surface area (Å²) in [5, 5.41) is 3.03. The van der Waals surface area contributed by atoms with Crippen molar-refractivity contribution in [3.8, 4) is 11.5 Å². The average molecular weight is 377 g/mol. The lowest BCUT2D eigenvalue weighted by molar-refractivity contribution is 0.0971. The standard InChI is InChI=1S/C13H19N3O2.HI/c1-9(2)16-13(14)15-7-10-8-17-11-5-3-4-6-12(11)18-10;/h3-6,9-10H,7-8H2,1-2H3,(H3,14,15,16);1H. The second kappa shape index (κ2) is 7.42. The molecule has 1 unspecified atom stereocenters. The molecule has 1 atom stereocenters. The maximum Gasteiger partial charge on any atom is 0.188 e. The van der Waals surface area contributed by atoms with E-state index in [1.807, 2.05) is 38.1 Å². The van der Waals surface area contributed by atoms with Crippen LogP contribution in [0.3, 0.4) is 0 Å². The first kappa shape index (κ1) is 15.9. The van der Waals surface area contributed by atoms with E-state index in [0.29, 0.717) is 19.1 Å². The van der Waals surface area contributed by atoms with Crippen LogP contribution in [0.5, 0.6) is 11.5 Å². The van der Waals surface area contributed by atoms with Gasteiger partial charge in [0.25, 0.3) is 0 Å². The summed E-state index contributed by atoms with van der Waals surface area (Å²) in [6, 6.07) is 7.90. The fraction of sp³-hybridized carbons (Fsp3) is 0.462. The number of para-hydroxylation sites is 2. The first-order chi connectivity index (χ1) is 8.65. The predicted octanol–water partition coefficient (Wildman–Crippen LogP) is 1.76. The van der Waals surface area contributed by atoms with Crippen LogP contribution >= 0.6 is 24.0 Å². The number of halogens is 1. The van der Waals surface area contributed by atoms with Gasteiger partial charge in [0.1, 0.15) is 6.61 Å². The molecule has 3 N–H and O–H groups in total. The highest BCUT2D eigenvalue weighted by Crippen LogP contribution is 2.30. The molecule has 0 saturated carbocycles. The third kappa shape index (κ3) is 4.77. The summed E-state index contributed by atoms with van der Waals surface area (Å²) in [7, 11) is 0. The van der Waals surface area contributed by atoms with Crippen molar-refractivity contribution in [1.82, 2.24) is 5.32 Å². The van der Waals surface area contributed by atoms with Crippen molar-refractivity contribution >= 4 is 29.9 Å². The molecule has 0 bridgehead atoms. The maximum atomic E-state index is 5.77. The quantitative estimate of drug-likeness (QED) is 0.479. The van der Waals surface area contributed by atoms with Crippen LogP contribution in [0.4, 0.5) is 0 Å². The molecular formula is C13H20IN3O2. The molecule has 0 spiro atoms. The topological polar surface area (TPSA) is 68.9 Å². The summed E-state index contributed by atoms with van der Waals surface area (Å²) in [6.07, 6.45) is -0.0904. The van der Waals surface area contributed by atoms with E-state index in [1.54, 1.807) is 0 Å². The fourth-order valence-corrected chi connectivity index (χ4v) is 1.69. The van der Waals surface area contributed by atoms with Gasteiger partial charge in [-0.1, -0.05) is 12.1 Å². The summed E-state index contributed by atoms with van der Waals surface area (Å²) in [6.45, 7) is 5.01. The van der Waals surface area contributed by atoms with Crippen molar-refractivity contribution in [2.45, 2.75) is 26.0 Å². The number of ether oxygens (including phenoxy) is 2. The summed E-state index contributed by atoms with van der Waals surface area (Å²) < 4.78 is 11.4. The minimum absolute atomic E-state index is 0. The highest BCUT2D eigenvalue weighted by atomic mass is 127. The van der Waals surface area contributed by atoms with Crippen molar-refractivity contribution in [3.05, 3.63) is 24.3 Å². The Morgan fingerprint density at radius 3 is 2.79 bits per heavy atom. The van der Waals surface area contributed by atoms with E-state index < -0.39 is 0 Å². The largest absolute Gasteiger partial charge is 0.486 e. The number of nitrogens with zero attached hydrogens (tertiary/aromatic N) is 1. The Labute approximate surface area is 130 Å². The number of nitrogens with two attached hydrogens (primary N) is 1. The van der Waals surface area contributed by atoms with E-state index in [1.165, 1.54) is 0 Å². The Balaban J connectivity index is 0.00000180. The Morgan fingerprint density at radius 1 is 1.42 bits per heavy atom. The monoisotopic (exact) mass is 377 g/mol. The Bertz CT molecular complexity index is 438. The van der Waals surface area contributed by atoms with E-state index in [4.69, 9.17) is 15.2 Å². The van der Waals surface area contributed by atoms with E-state index >= 15 is 0 Å². The number of rotatable bonds is 3. The van der Waals surface area contributed by atoms with Crippen LogP contribution in [0, 0.1) is 0 Å². The molecule has 0 amide bonds. The van der Waals surface area contributed by atoms with Gasteiger partial charge >= 0.3 is 0 Å². The molecule has 2 rings (SSSR count). The summed E-state index contributed by atoms with van der Waals surface area (Å²) in [4.78, 5) is 4.24.